The van der Waals surface area contributed by atoms with Crippen LogP contribution in [0.15, 0.2) is 24.4 Å². The van der Waals surface area contributed by atoms with Crippen molar-refractivity contribution in [3.05, 3.63) is 24.4 Å². The van der Waals surface area contributed by atoms with E-state index >= 15 is 0 Å². The molecular weight excluding hydrogens is 244 g/mol. The molecule has 1 N–H and O–H groups in total. The number of nitrogens with zero attached hydrogens (tertiary/aromatic N) is 1. The lowest BCUT2D eigenvalue weighted by Crippen LogP contribution is -2.15. The summed E-state index contributed by atoms with van der Waals surface area (Å²) in [4.78, 5) is 15.8. The predicted octanol–water partition coefficient (Wildman–Crippen LogP) is 3.48. The van der Waals surface area contributed by atoms with Gasteiger partial charge < -0.3 is 5.32 Å². The molecule has 0 aliphatic heterocycles. The first-order valence-electron chi connectivity index (χ1n) is 6.67. The van der Waals surface area contributed by atoms with Crippen molar-refractivity contribution in [1.29, 1.82) is 0 Å². The number of carbonyl (C=O) groups excluding carboxylic acids is 1. The van der Waals surface area contributed by atoms with Crippen molar-refractivity contribution in [1.82, 2.24) is 4.98 Å². The highest BCUT2D eigenvalue weighted by atomic mass is 32.2. The number of pyridine rings is 1. The van der Waals surface area contributed by atoms with Crippen LogP contribution in [0.25, 0.3) is 0 Å². The van der Waals surface area contributed by atoms with E-state index < -0.39 is 0 Å². The fraction of sp³-hybridized carbons (Fsp3) is 0.571. The number of hydrogen-bond acceptors (Lipinski definition) is 3. The first-order chi connectivity index (χ1) is 8.84. The first-order valence-corrected chi connectivity index (χ1v) is 7.72. The highest BCUT2D eigenvalue weighted by molar-refractivity contribution is 7.99. The molecule has 1 aromatic heterocycles. The van der Waals surface area contributed by atoms with Gasteiger partial charge in [-0.05, 0) is 25.0 Å². The number of nitrogens with one attached hydrogen (secondary N) is 1. The van der Waals surface area contributed by atoms with Gasteiger partial charge in [0.15, 0.2) is 0 Å². The van der Waals surface area contributed by atoms with Crippen molar-refractivity contribution in [3.63, 3.8) is 0 Å². The molecule has 1 fully saturated rings. The summed E-state index contributed by atoms with van der Waals surface area (Å²) < 4.78 is 0. The SMILES string of the molecule is O=C(CCSC1CCCCC1)Nc1ccccn1. The van der Waals surface area contributed by atoms with E-state index in [0.29, 0.717) is 12.2 Å². The van der Waals surface area contributed by atoms with Crippen LogP contribution in [-0.4, -0.2) is 21.9 Å². The summed E-state index contributed by atoms with van der Waals surface area (Å²) in [6.07, 6.45) is 9.02. The van der Waals surface area contributed by atoms with Gasteiger partial charge in [0.05, 0.1) is 0 Å². The molecule has 1 heterocycles. The minimum absolute atomic E-state index is 0.0667. The van der Waals surface area contributed by atoms with Crippen LogP contribution in [0.5, 0.6) is 0 Å². The Morgan fingerprint density at radius 1 is 1.33 bits per heavy atom. The minimum Gasteiger partial charge on any atom is -0.311 e. The Labute approximate surface area is 113 Å². The van der Waals surface area contributed by atoms with Crippen molar-refractivity contribution < 1.29 is 4.79 Å². The Bertz CT molecular complexity index is 363. The molecule has 1 aromatic rings. The van der Waals surface area contributed by atoms with Crippen molar-refractivity contribution in [2.24, 2.45) is 0 Å². The van der Waals surface area contributed by atoms with Crippen LogP contribution in [0.1, 0.15) is 38.5 Å². The quantitative estimate of drug-likeness (QED) is 0.885. The molecule has 1 aliphatic rings. The zero-order chi connectivity index (χ0) is 12.6. The zero-order valence-corrected chi connectivity index (χ0v) is 11.4. The predicted molar refractivity (Wildman–Crippen MR) is 76.8 cm³/mol. The molecule has 0 unspecified atom stereocenters. The normalized spacial score (nSPS) is 16.4. The summed E-state index contributed by atoms with van der Waals surface area (Å²) in [6.45, 7) is 0. The van der Waals surface area contributed by atoms with E-state index in [-0.39, 0.29) is 5.91 Å². The average Bonchev–Trinajstić information content (AvgIpc) is 2.41. The maximum absolute atomic E-state index is 11.7. The summed E-state index contributed by atoms with van der Waals surface area (Å²) in [6, 6.07) is 5.53. The van der Waals surface area contributed by atoms with Crippen LogP contribution >= 0.6 is 11.8 Å². The second kappa shape index (κ2) is 7.41. The summed E-state index contributed by atoms with van der Waals surface area (Å²) >= 11 is 1.96. The number of carbonyl (C=O) groups is 1. The smallest absolute Gasteiger partial charge is 0.226 e. The maximum Gasteiger partial charge on any atom is 0.226 e. The van der Waals surface area contributed by atoms with Crippen molar-refractivity contribution in [2.75, 3.05) is 11.1 Å². The van der Waals surface area contributed by atoms with Gasteiger partial charge >= 0.3 is 0 Å². The number of aromatic nitrogens is 1. The Kier molecular flexibility index (Phi) is 5.52. The second-order valence-electron chi connectivity index (χ2n) is 4.64. The lowest BCUT2D eigenvalue weighted by Gasteiger charge is -2.20. The van der Waals surface area contributed by atoms with Gasteiger partial charge in [0.25, 0.3) is 0 Å². The molecule has 0 radical (unpaired) electrons. The topological polar surface area (TPSA) is 42.0 Å². The van der Waals surface area contributed by atoms with E-state index in [1.807, 2.05) is 30.0 Å². The number of amides is 1. The third-order valence-electron chi connectivity index (χ3n) is 3.17. The van der Waals surface area contributed by atoms with Crippen LogP contribution in [0.4, 0.5) is 5.82 Å². The largest absolute Gasteiger partial charge is 0.311 e. The number of rotatable bonds is 5. The molecular formula is C14H20N2OS. The summed E-state index contributed by atoms with van der Waals surface area (Å²) in [5.41, 5.74) is 0. The van der Waals surface area contributed by atoms with Gasteiger partial charge in [-0.15, -0.1) is 0 Å². The standard InChI is InChI=1S/C14H20N2OS/c17-14(16-13-8-4-5-10-15-13)9-11-18-12-6-2-1-3-7-12/h4-5,8,10,12H,1-3,6-7,9,11H2,(H,15,16,17). The van der Waals surface area contributed by atoms with Crippen LogP contribution in [0, 0.1) is 0 Å². The van der Waals surface area contributed by atoms with Gasteiger partial charge in [0.1, 0.15) is 5.82 Å². The van der Waals surface area contributed by atoms with E-state index in [1.54, 1.807) is 6.20 Å². The summed E-state index contributed by atoms with van der Waals surface area (Å²) in [7, 11) is 0. The highest BCUT2D eigenvalue weighted by Crippen LogP contribution is 2.28. The van der Waals surface area contributed by atoms with Crippen molar-refractivity contribution >= 4 is 23.5 Å². The molecule has 98 valence electrons. The van der Waals surface area contributed by atoms with Gasteiger partial charge in [0.2, 0.25) is 5.91 Å². The average molecular weight is 264 g/mol. The van der Waals surface area contributed by atoms with Gasteiger partial charge in [0, 0.05) is 23.6 Å². The molecule has 3 nitrogen and oxygen atoms in total. The molecule has 0 bridgehead atoms. The third-order valence-corrected chi connectivity index (χ3v) is 4.55. The number of hydrogen-bond donors (Lipinski definition) is 1. The van der Waals surface area contributed by atoms with E-state index in [2.05, 4.69) is 10.3 Å². The zero-order valence-electron chi connectivity index (χ0n) is 10.6. The molecule has 0 atom stereocenters. The van der Waals surface area contributed by atoms with Crippen molar-refractivity contribution in [3.8, 4) is 0 Å². The Morgan fingerprint density at radius 2 is 2.17 bits per heavy atom. The van der Waals surface area contributed by atoms with E-state index in [9.17, 15) is 4.79 Å². The van der Waals surface area contributed by atoms with Gasteiger partial charge in [-0.3, -0.25) is 4.79 Å². The minimum atomic E-state index is 0.0667. The lowest BCUT2D eigenvalue weighted by molar-refractivity contribution is -0.115. The molecule has 1 saturated carbocycles. The molecule has 1 aliphatic carbocycles. The Morgan fingerprint density at radius 3 is 2.89 bits per heavy atom. The molecule has 2 rings (SSSR count). The molecule has 1 amide bonds. The number of thioether (sulfide) groups is 1. The van der Waals surface area contributed by atoms with Gasteiger partial charge in [-0.2, -0.15) is 11.8 Å². The van der Waals surface area contributed by atoms with Crippen LogP contribution < -0.4 is 5.32 Å². The molecule has 4 heteroatoms. The summed E-state index contributed by atoms with van der Waals surface area (Å²) in [5, 5.41) is 3.60. The van der Waals surface area contributed by atoms with Gasteiger partial charge in [-0.25, -0.2) is 4.98 Å². The monoisotopic (exact) mass is 264 g/mol. The van der Waals surface area contributed by atoms with Gasteiger partial charge in [-0.1, -0.05) is 25.3 Å². The molecule has 0 spiro atoms. The fourth-order valence-corrected chi connectivity index (χ4v) is 3.50. The molecule has 0 saturated heterocycles. The summed E-state index contributed by atoms with van der Waals surface area (Å²) in [5.74, 6) is 1.63. The van der Waals surface area contributed by atoms with Crippen LogP contribution in [0.2, 0.25) is 0 Å². The van der Waals surface area contributed by atoms with E-state index in [4.69, 9.17) is 0 Å². The van der Waals surface area contributed by atoms with E-state index in [0.717, 1.165) is 11.0 Å². The molecule has 18 heavy (non-hydrogen) atoms. The fourth-order valence-electron chi connectivity index (χ4n) is 2.19. The first kappa shape index (κ1) is 13.4. The Balaban J connectivity index is 1.62. The third kappa shape index (κ3) is 4.69. The molecule has 0 aromatic carbocycles. The highest BCUT2D eigenvalue weighted by Gasteiger charge is 2.14. The lowest BCUT2D eigenvalue weighted by atomic mass is 10.0. The Hall–Kier alpha value is -1.03. The van der Waals surface area contributed by atoms with E-state index in [1.165, 1.54) is 32.1 Å². The maximum atomic E-state index is 11.7. The van der Waals surface area contributed by atoms with Crippen molar-refractivity contribution in [2.45, 2.75) is 43.8 Å². The second-order valence-corrected chi connectivity index (χ2v) is 6.05. The van der Waals surface area contributed by atoms with Crippen LogP contribution in [-0.2, 0) is 4.79 Å². The number of anilines is 1. The van der Waals surface area contributed by atoms with Crippen LogP contribution in [0.3, 0.4) is 0 Å².